The predicted molar refractivity (Wildman–Crippen MR) is 164 cm³/mol. The van der Waals surface area contributed by atoms with Crippen molar-refractivity contribution >= 4 is 22.1 Å². The van der Waals surface area contributed by atoms with E-state index in [2.05, 4.69) is 98.7 Å². The SMILES string of the molecule is C=C(/C=C(\C)NCc1cccnc1)C1CCCN(C(=C)CCc2ccccc2)C1.CN=CC(Br)=C(C)C. The lowest BCUT2D eigenvalue weighted by atomic mass is 9.90. The first-order valence-electron chi connectivity index (χ1n) is 13.0. The van der Waals surface area contributed by atoms with E-state index in [4.69, 9.17) is 0 Å². The monoisotopic (exact) mass is 562 g/mol. The van der Waals surface area contributed by atoms with Crippen LogP contribution in [-0.2, 0) is 13.0 Å². The minimum atomic E-state index is 0.493. The molecule has 1 aromatic carbocycles. The van der Waals surface area contributed by atoms with Gasteiger partial charge in [-0.25, -0.2) is 0 Å². The molecule has 5 heteroatoms. The van der Waals surface area contributed by atoms with Crippen LogP contribution in [0.3, 0.4) is 0 Å². The second-order valence-electron chi connectivity index (χ2n) is 9.69. The van der Waals surface area contributed by atoms with Crippen molar-refractivity contribution in [3.05, 3.63) is 112 Å². The van der Waals surface area contributed by atoms with Gasteiger partial charge in [-0.1, -0.05) is 55.1 Å². The highest BCUT2D eigenvalue weighted by atomic mass is 79.9. The fourth-order valence-corrected chi connectivity index (χ4v) is 4.30. The van der Waals surface area contributed by atoms with E-state index < -0.39 is 0 Å². The van der Waals surface area contributed by atoms with E-state index in [0.717, 1.165) is 42.7 Å². The van der Waals surface area contributed by atoms with Crippen LogP contribution in [-0.4, -0.2) is 36.2 Å². The zero-order valence-electron chi connectivity index (χ0n) is 23.0. The van der Waals surface area contributed by atoms with Crippen LogP contribution in [0, 0.1) is 5.92 Å². The van der Waals surface area contributed by atoms with Gasteiger partial charge in [-0.15, -0.1) is 0 Å². The zero-order chi connectivity index (χ0) is 27.0. The number of hydrogen-bond donors (Lipinski definition) is 1. The van der Waals surface area contributed by atoms with Crippen molar-refractivity contribution in [3.8, 4) is 0 Å². The molecule has 1 saturated heterocycles. The Kier molecular flexibility index (Phi) is 13.7. The minimum absolute atomic E-state index is 0.493. The Morgan fingerprint density at radius 1 is 1.14 bits per heavy atom. The molecule has 0 spiro atoms. The number of nitrogens with one attached hydrogen (secondary N) is 1. The lowest BCUT2D eigenvalue weighted by Crippen LogP contribution is -2.35. The second kappa shape index (κ2) is 16.8. The summed E-state index contributed by atoms with van der Waals surface area (Å²) in [5.41, 5.74) is 7.42. The highest BCUT2D eigenvalue weighted by Gasteiger charge is 2.22. The first kappa shape index (κ1) is 30.3. The molecule has 0 bridgehead atoms. The van der Waals surface area contributed by atoms with Crippen LogP contribution in [0.2, 0.25) is 0 Å². The van der Waals surface area contributed by atoms with Crippen LogP contribution in [0.15, 0.2) is 106 Å². The lowest BCUT2D eigenvalue weighted by Gasteiger charge is -2.36. The number of rotatable bonds is 10. The molecule has 1 aliphatic heterocycles. The first-order valence-corrected chi connectivity index (χ1v) is 13.8. The van der Waals surface area contributed by atoms with Gasteiger partial charge in [0.25, 0.3) is 0 Å². The van der Waals surface area contributed by atoms with Gasteiger partial charge in [-0.3, -0.25) is 9.98 Å². The number of benzene rings is 1. The van der Waals surface area contributed by atoms with Gasteiger partial charge in [0.05, 0.1) is 0 Å². The van der Waals surface area contributed by atoms with Crippen LogP contribution in [0.5, 0.6) is 0 Å². The number of piperidine rings is 1. The van der Waals surface area contributed by atoms with Gasteiger partial charge in [-0.05, 0) is 91.2 Å². The van der Waals surface area contributed by atoms with Crippen molar-refractivity contribution in [2.24, 2.45) is 10.9 Å². The van der Waals surface area contributed by atoms with Gasteiger partial charge in [0, 0.05) is 67.1 Å². The molecule has 3 rings (SSSR count). The van der Waals surface area contributed by atoms with Gasteiger partial charge < -0.3 is 10.2 Å². The van der Waals surface area contributed by atoms with Gasteiger partial charge >= 0.3 is 0 Å². The smallest absolute Gasteiger partial charge is 0.0412 e. The topological polar surface area (TPSA) is 40.5 Å². The number of halogens is 1. The third kappa shape index (κ3) is 11.8. The van der Waals surface area contributed by atoms with Crippen molar-refractivity contribution in [3.63, 3.8) is 0 Å². The largest absolute Gasteiger partial charge is 0.384 e. The summed E-state index contributed by atoms with van der Waals surface area (Å²) in [5.74, 6) is 0.493. The molecule has 1 atom stereocenters. The molecule has 1 aromatic heterocycles. The molecule has 37 heavy (non-hydrogen) atoms. The van der Waals surface area contributed by atoms with Crippen molar-refractivity contribution in [1.82, 2.24) is 15.2 Å². The van der Waals surface area contributed by atoms with Crippen LogP contribution in [0.4, 0.5) is 0 Å². The van der Waals surface area contributed by atoms with Crippen molar-refractivity contribution in [1.29, 1.82) is 0 Å². The third-order valence-corrected chi connectivity index (χ3v) is 7.35. The van der Waals surface area contributed by atoms with Crippen LogP contribution >= 0.6 is 15.9 Å². The summed E-state index contributed by atoms with van der Waals surface area (Å²) in [6.45, 7) is 17.9. The summed E-state index contributed by atoms with van der Waals surface area (Å²) in [6.07, 6.45) is 12.2. The third-order valence-electron chi connectivity index (χ3n) is 6.35. The van der Waals surface area contributed by atoms with E-state index in [0.29, 0.717) is 5.92 Å². The molecule has 198 valence electrons. The molecule has 0 saturated carbocycles. The van der Waals surface area contributed by atoms with Crippen molar-refractivity contribution in [2.45, 2.75) is 53.0 Å². The average molecular weight is 564 g/mol. The predicted octanol–water partition coefficient (Wildman–Crippen LogP) is 7.87. The average Bonchev–Trinajstić information content (AvgIpc) is 2.92. The molecule has 0 aliphatic carbocycles. The van der Waals surface area contributed by atoms with E-state index in [1.807, 2.05) is 26.1 Å². The number of pyridine rings is 1. The highest BCUT2D eigenvalue weighted by molar-refractivity contribution is 9.12. The molecule has 4 nitrogen and oxygen atoms in total. The molecule has 1 unspecified atom stereocenters. The zero-order valence-corrected chi connectivity index (χ0v) is 24.6. The Labute approximate surface area is 233 Å². The number of aromatic nitrogens is 1. The van der Waals surface area contributed by atoms with Crippen LogP contribution < -0.4 is 5.32 Å². The number of aliphatic imine (C=N–C) groups is 1. The summed E-state index contributed by atoms with van der Waals surface area (Å²) in [5, 5.41) is 3.47. The summed E-state index contributed by atoms with van der Waals surface area (Å²) in [6, 6.07) is 14.7. The second-order valence-corrected chi connectivity index (χ2v) is 10.5. The summed E-state index contributed by atoms with van der Waals surface area (Å²) in [7, 11) is 1.75. The minimum Gasteiger partial charge on any atom is -0.384 e. The Morgan fingerprint density at radius 2 is 1.86 bits per heavy atom. The molecule has 1 fully saturated rings. The number of likely N-dealkylation sites (tertiary alicyclic amines) is 1. The Balaban J connectivity index is 0.000000521. The molecule has 2 aromatic rings. The van der Waals surface area contributed by atoms with Gasteiger partial charge in [0.1, 0.15) is 0 Å². The summed E-state index contributed by atoms with van der Waals surface area (Å²) >= 11 is 3.33. The standard InChI is InChI=1S/C26H33N3.C6H10BrN/c1-21(17-22(2)28-19-25-11-7-15-27-18-25)26-12-8-16-29(20-26)23(3)13-14-24-9-5-4-6-10-24;1-5(2)6(7)4-8-3/h4-7,9-11,15,17-18,26,28H,1,3,8,12-14,16,19-20H2,2H3;4H,1-3H3/b22-17+;. The molecule has 1 aliphatic rings. The Morgan fingerprint density at radius 3 is 2.49 bits per heavy atom. The normalized spacial score (nSPS) is 15.5. The number of allylic oxidation sites excluding steroid dienone is 5. The van der Waals surface area contributed by atoms with Crippen LogP contribution in [0.1, 0.15) is 51.2 Å². The van der Waals surface area contributed by atoms with Crippen LogP contribution in [0.25, 0.3) is 0 Å². The van der Waals surface area contributed by atoms with E-state index >= 15 is 0 Å². The summed E-state index contributed by atoms with van der Waals surface area (Å²) in [4.78, 5) is 10.5. The quantitative estimate of drug-likeness (QED) is 0.236. The van der Waals surface area contributed by atoms with E-state index in [-0.39, 0.29) is 0 Å². The molecular formula is C32H43BrN4. The van der Waals surface area contributed by atoms with Gasteiger partial charge in [0.15, 0.2) is 0 Å². The fourth-order valence-electron chi connectivity index (χ4n) is 4.09. The molecule has 0 radical (unpaired) electrons. The Hall–Kier alpha value is -2.92. The Bertz CT molecular complexity index is 1070. The fraction of sp³-hybridized carbons (Fsp3) is 0.375. The maximum Gasteiger partial charge on any atom is 0.0412 e. The van der Waals surface area contributed by atoms with E-state index in [1.54, 1.807) is 19.5 Å². The maximum atomic E-state index is 4.38. The number of aryl methyl sites for hydroxylation is 1. The van der Waals surface area contributed by atoms with E-state index in [1.165, 1.54) is 40.8 Å². The number of nitrogens with zero attached hydrogens (tertiary/aromatic N) is 3. The van der Waals surface area contributed by atoms with Crippen molar-refractivity contribution in [2.75, 3.05) is 20.1 Å². The van der Waals surface area contributed by atoms with Crippen molar-refractivity contribution < 1.29 is 0 Å². The highest BCUT2D eigenvalue weighted by Crippen LogP contribution is 2.27. The summed E-state index contributed by atoms with van der Waals surface area (Å²) < 4.78 is 1.07. The van der Waals surface area contributed by atoms with E-state index in [9.17, 15) is 0 Å². The maximum absolute atomic E-state index is 4.38. The lowest BCUT2D eigenvalue weighted by molar-refractivity contribution is 0.235. The molecular weight excluding hydrogens is 520 g/mol. The first-order chi connectivity index (χ1) is 17.8. The molecule has 2 heterocycles. The van der Waals surface area contributed by atoms with Gasteiger partial charge in [-0.2, -0.15) is 0 Å². The van der Waals surface area contributed by atoms with Gasteiger partial charge in [0.2, 0.25) is 0 Å². The molecule has 0 amide bonds. The number of hydrogen-bond acceptors (Lipinski definition) is 4. The molecule has 1 N–H and O–H groups in total.